The molecule has 122 valence electrons. The number of hydrogen-bond donors (Lipinski definition) is 1. The van der Waals surface area contributed by atoms with Gasteiger partial charge in [0.25, 0.3) is 5.91 Å². The van der Waals surface area contributed by atoms with E-state index in [2.05, 4.69) is 19.2 Å². The van der Waals surface area contributed by atoms with Gasteiger partial charge in [0, 0.05) is 0 Å². The van der Waals surface area contributed by atoms with E-state index in [9.17, 15) is 4.79 Å². The van der Waals surface area contributed by atoms with Gasteiger partial charge in [0.1, 0.15) is 5.75 Å². The lowest BCUT2D eigenvalue weighted by molar-refractivity contribution is -0.124. The third-order valence-corrected chi connectivity index (χ3v) is 3.64. The molecule has 0 saturated heterocycles. The first kappa shape index (κ1) is 17.1. The standard InChI is InChI=1S/C20H25NO2/c1-15(2)13-19(17-7-5-4-6-8-17)21-20(22)14-23-18-11-9-16(3)10-12-18/h4-12,15,19H,13-14H2,1-3H3,(H,21,22)/t19-/m1/s1. The van der Waals surface area contributed by atoms with Gasteiger partial charge in [0.15, 0.2) is 6.61 Å². The minimum Gasteiger partial charge on any atom is -0.484 e. The van der Waals surface area contributed by atoms with Gasteiger partial charge in [-0.05, 0) is 37.0 Å². The van der Waals surface area contributed by atoms with Crippen LogP contribution in [0.4, 0.5) is 0 Å². The van der Waals surface area contributed by atoms with Gasteiger partial charge in [-0.15, -0.1) is 0 Å². The van der Waals surface area contributed by atoms with E-state index in [1.165, 1.54) is 5.56 Å². The second-order valence-electron chi connectivity index (χ2n) is 6.26. The molecule has 0 saturated carbocycles. The first-order chi connectivity index (χ1) is 11.0. The Morgan fingerprint density at radius 1 is 1.04 bits per heavy atom. The SMILES string of the molecule is Cc1ccc(OCC(=O)N[C@H](CC(C)C)c2ccccc2)cc1. The minimum atomic E-state index is -0.0971. The summed E-state index contributed by atoms with van der Waals surface area (Å²) in [4.78, 5) is 12.2. The summed E-state index contributed by atoms with van der Waals surface area (Å²) in [5.41, 5.74) is 2.30. The number of carbonyl (C=O) groups excluding carboxylic acids is 1. The molecule has 2 rings (SSSR count). The second-order valence-corrected chi connectivity index (χ2v) is 6.26. The maximum Gasteiger partial charge on any atom is 0.258 e. The number of amides is 1. The van der Waals surface area contributed by atoms with Crippen LogP contribution in [0.5, 0.6) is 5.75 Å². The van der Waals surface area contributed by atoms with Crippen LogP contribution in [0.2, 0.25) is 0 Å². The molecular weight excluding hydrogens is 286 g/mol. The molecule has 0 aliphatic heterocycles. The fourth-order valence-corrected chi connectivity index (χ4v) is 2.45. The predicted octanol–water partition coefficient (Wildman–Crippen LogP) is 4.28. The highest BCUT2D eigenvalue weighted by atomic mass is 16.5. The molecule has 23 heavy (non-hydrogen) atoms. The van der Waals surface area contributed by atoms with Crippen molar-refractivity contribution in [1.29, 1.82) is 0 Å². The van der Waals surface area contributed by atoms with Gasteiger partial charge in [0.05, 0.1) is 6.04 Å². The van der Waals surface area contributed by atoms with Crippen molar-refractivity contribution in [2.75, 3.05) is 6.61 Å². The van der Waals surface area contributed by atoms with Crippen molar-refractivity contribution in [1.82, 2.24) is 5.32 Å². The van der Waals surface area contributed by atoms with Gasteiger partial charge < -0.3 is 10.1 Å². The van der Waals surface area contributed by atoms with E-state index < -0.39 is 0 Å². The fraction of sp³-hybridized carbons (Fsp3) is 0.350. The average Bonchev–Trinajstić information content (AvgIpc) is 2.54. The highest BCUT2D eigenvalue weighted by molar-refractivity contribution is 5.78. The summed E-state index contributed by atoms with van der Waals surface area (Å²) in [5.74, 6) is 1.12. The highest BCUT2D eigenvalue weighted by Crippen LogP contribution is 2.21. The number of carbonyl (C=O) groups is 1. The number of nitrogens with one attached hydrogen (secondary N) is 1. The zero-order valence-electron chi connectivity index (χ0n) is 14.1. The van der Waals surface area contributed by atoms with E-state index in [0.717, 1.165) is 12.0 Å². The summed E-state index contributed by atoms with van der Waals surface area (Å²) in [6.45, 7) is 6.37. The molecule has 0 fully saturated rings. The quantitative estimate of drug-likeness (QED) is 0.829. The monoisotopic (exact) mass is 311 g/mol. The van der Waals surface area contributed by atoms with E-state index in [1.54, 1.807) is 0 Å². The van der Waals surface area contributed by atoms with Gasteiger partial charge in [-0.1, -0.05) is 61.9 Å². The Kier molecular flexibility index (Phi) is 6.21. The van der Waals surface area contributed by atoms with Crippen LogP contribution in [0, 0.1) is 12.8 Å². The lowest BCUT2D eigenvalue weighted by Crippen LogP contribution is -2.33. The zero-order chi connectivity index (χ0) is 16.7. The highest BCUT2D eigenvalue weighted by Gasteiger charge is 2.16. The van der Waals surface area contributed by atoms with Crippen LogP contribution in [0.25, 0.3) is 0 Å². The van der Waals surface area contributed by atoms with Gasteiger partial charge in [-0.3, -0.25) is 4.79 Å². The molecule has 0 aliphatic rings. The van der Waals surface area contributed by atoms with Crippen molar-refractivity contribution in [3.8, 4) is 5.75 Å². The van der Waals surface area contributed by atoms with E-state index in [0.29, 0.717) is 11.7 Å². The van der Waals surface area contributed by atoms with E-state index in [-0.39, 0.29) is 18.6 Å². The Labute approximate surface area is 138 Å². The molecule has 3 nitrogen and oxygen atoms in total. The van der Waals surface area contributed by atoms with Crippen LogP contribution < -0.4 is 10.1 Å². The number of rotatable bonds is 7. The van der Waals surface area contributed by atoms with E-state index >= 15 is 0 Å². The second kappa shape index (κ2) is 8.37. The summed E-state index contributed by atoms with van der Waals surface area (Å²) in [6.07, 6.45) is 0.903. The smallest absolute Gasteiger partial charge is 0.258 e. The number of ether oxygens (including phenoxy) is 1. The van der Waals surface area contributed by atoms with Crippen LogP contribution in [0.15, 0.2) is 54.6 Å². The molecule has 0 heterocycles. The fourth-order valence-electron chi connectivity index (χ4n) is 2.45. The molecule has 0 spiro atoms. The van der Waals surface area contributed by atoms with Crippen LogP contribution in [-0.4, -0.2) is 12.5 Å². The number of benzene rings is 2. The lowest BCUT2D eigenvalue weighted by atomic mass is 9.97. The molecule has 1 amide bonds. The topological polar surface area (TPSA) is 38.3 Å². The number of hydrogen-bond acceptors (Lipinski definition) is 2. The Morgan fingerprint density at radius 3 is 2.30 bits per heavy atom. The van der Waals surface area contributed by atoms with E-state index in [4.69, 9.17) is 4.74 Å². The lowest BCUT2D eigenvalue weighted by Gasteiger charge is -2.21. The predicted molar refractivity (Wildman–Crippen MR) is 93.5 cm³/mol. The van der Waals surface area contributed by atoms with Crippen molar-refractivity contribution < 1.29 is 9.53 Å². The largest absolute Gasteiger partial charge is 0.484 e. The summed E-state index contributed by atoms with van der Waals surface area (Å²) in [5, 5.41) is 3.08. The molecule has 2 aromatic rings. The molecule has 3 heteroatoms. The molecule has 1 N–H and O–H groups in total. The number of aryl methyl sites for hydroxylation is 1. The maximum absolute atomic E-state index is 12.2. The van der Waals surface area contributed by atoms with Crippen LogP contribution in [0.1, 0.15) is 37.4 Å². The minimum absolute atomic E-state index is 0.0188. The first-order valence-electron chi connectivity index (χ1n) is 8.08. The molecule has 0 bridgehead atoms. The van der Waals surface area contributed by atoms with Crippen molar-refractivity contribution >= 4 is 5.91 Å². The summed E-state index contributed by atoms with van der Waals surface area (Å²) < 4.78 is 5.55. The molecule has 0 radical (unpaired) electrons. The van der Waals surface area contributed by atoms with Gasteiger partial charge in [-0.2, -0.15) is 0 Å². The molecule has 0 aliphatic carbocycles. The first-order valence-corrected chi connectivity index (χ1v) is 8.08. The van der Waals surface area contributed by atoms with E-state index in [1.807, 2.05) is 61.5 Å². The Balaban J connectivity index is 1.93. The summed E-state index contributed by atoms with van der Waals surface area (Å²) in [6, 6.07) is 17.8. The van der Waals surface area contributed by atoms with Gasteiger partial charge in [-0.25, -0.2) is 0 Å². The molecular formula is C20H25NO2. The molecule has 0 unspecified atom stereocenters. The Bertz CT molecular complexity index is 605. The van der Waals surface area contributed by atoms with Gasteiger partial charge >= 0.3 is 0 Å². The summed E-state index contributed by atoms with van der Waals surface area (Å²) >= 11 is 0. The zero-order valence-corrected chi connectivity index (χ0v) is 14.1. The van der Waals surface area contributed by atoms with Crippen molar-refractivity contribution in [3.63, 3.8) is 0 Å². The van der Waals surface area contributed by atoms with Crippen molar-refractivity contribution in [2.24, 2.45) is 5.92 Å². The van der Waals surface area contributed by atoms with Gasteiger partial charge in [0.2, 0.25) is 0 Å². The average molecular weight is 311 g/mol. The normalized spacial score (nSPS) is 12.0. The Morgan fingerprint density at radius 2 is 1.70 bits per heavy atom. The third-order valence-electron chi connectivity index (χ3n) is 3.64. The van der Waals surface area contributed by atoms with Crippen molar-refractivity contribution in [2.45, 2.75) is 33.2 Å². The van der Waals surface area contributed by atoms with Crippen LogP contribution >= 0.6 is 0 Å². The Hall–Kier alpha value is -2.29. The molecule has 1 atom stereocenters. The third kappa shape index (κ3) is 5.78. The maximum atomic E-state index is 12.2. The van der Waals surface area contributed by atoms with Crippen LogP contribution in [-0.2, 0) is 4.79 Å². The van der Waals surface area contributed by atoms with Crippen LogP contribution in [0.3, 0.4) is 0 Å². The molecule has 2 aromatic carbocycles. The van der Waals surface area contributed by atoms with Crippen molar-refractivity contribution in [3.05, 3.63) is 65.7 Å². The summed E-state index contributed by atoms with van der Waals surface area (Å²) in [7, 11) is 0. The molecule has 0 aromatic heterocycles.